The molecule has 0 radical (unpaired) electrons. The van der Waals surface area contributed by atoms with Gasteiger partial charge in [0, 0.05) is 12.3 Å². The number of para-hydroxylation sites is 1. The number of nitro groups is 2. The average molecular weight is 294 g/mol. The number of rotatable bonds is 9. The summed E-state index contributed by atoms with van der Waals surface area (Å²) in [6, 6.07) is 3.86. The molecule has 8 heteroatoms. The van der Waals surface area contributed by atoms with Crippen LogP contribution in [0.25, 0.3) is 0 Å². The minimum absolute atomic E-state index is 0.0130. The molecule has 1 aromatic carbocycles. The Kier molecular flexibility index (Phi) is 6.79. The molecule has 0 aromatic heterocycles. The molecule has 0 fully saturated rings. The number of hydrazone groups is 1. The van der Waals surface area contributed by atoms with E-state index in [0.29, 0.717) is 0 Å². The normalized spacial score (nSPS) is 10.7. The smallest absolute Gasteiger partial charge is 0.272 e. The second-order valence-corrected chi connectivity index (χ2v) is 4.46. The van der Waals surface area contributed by atoms with Crippen molar-refractivity contribution in [2.24, 2.45) is 5.10 Å². The molecule has 0 bridgehead atoms. The van der Waals surface area contributed by atoms with Gasteiger partial charge < -0.3 is 0 Å². The zero-order valence-electron chi connectivity index (χ0n) is 11.8. The van der Waals surface area contributed by atoms with Crippen LogP contribution in [0.1, 0.15) is 39.0 Å². The minimum atomic E-state index is -0.781. The average Bonchev–Trinajstić information content (AvgIpc) is 2.45. The lowest BCUT2D eigenvalue weighted by molar-refractivity contribution is -0.421. The molecule has 0 aliphatic carbocycles. The van der Waals surface area contributed by atoms with E-state index in [0.717, 1.165) is 38.2 Å². The molecule has 1 N–H and O–H groups in total. The SMILES string of the molecule is CCCCCCC=NNc1cccc([N+](=O)[O-])c1[N+](=O)[O-]. The van der Waals surface area contributed by atoms with Crippen molar-refractivity contribution in [3.8, 4) is 0 Å². The lowest BCUT2D eigenvalue weighted by Gasteiger charge is -2.02. The zero-order chi connectivity index (χ0) is 15.7. The van der Waals surface area contributed by atoms with E-state index in [4.69, 9.17) is 0 Å². The summed E-state index contributed by atoms with van der Waals surface area (Å²) < 4.78 is 0. The van der Waals surface area contributed by atoms with Gasteiger partial charge in [0.15, 0.2) is 0 Å². The summed E-state index contributed by atoms with van der Waals surface area (Å²) in [5, 5.41) is 25.6. The Bertz CT molecular complexity index is 531. The van der Waals surface area contributed by atoms with Crippen LogP contribution in [-0.2, 0) is 0 Å². The zero-order valence-corrected chi connectivity index (χ0v) is 11.8. The van der Waals surface area contributed by atoms with E-state index in [1.54, 1.807) is 6.21 Å². The molecular formula is C13H18N4O4. The number of hydrogen-bond donors (Lipinski definition) is 1. The summed E-state index contributed by atoms with van der Waals surface area (Å²) in [6.07, 6.45) is 6.80. The summed E-state index contributed by atoms with van der Waals surface area (Å²) in [7, 11) is 0. The van der Waals surface area contributed by atoms with Crippen LogP contribution in [0.4, 0.5) is 17.1 Å². The number of anilines is 1. The van der Waals surface area contributed by atoms with E-state index < -0.39 is 21.2 Å². The largest absolute Gasteiger partial charge is 0.370 e. The Balaban J connectivity index is 2.71. The third kappa shape index (κ3) is 5.17. The van der Waals surface area contributed by atoms with Crippen LogP contribution in [0, 0.1) is 20.2 Å². The highest BCUT2D eigenvalue weighted by Gasteiger charge is 2.27. The van der Waals surface area contributed by atoms with Gasteiger partial charge >= 0.3 is 11.4 Å². The second-order valence-electron chi connectivity index (χ2n) is 4.46. The topological polar surface area (TPSA) is 111 Å². The van der Waals surface area contributed by atoms with Gasteiger partial charge in [0.2, 0.25) is 0 Å². The number of benzene rings is 1. The summed E-state index contributed by atoms with van der Waals surface area (Å²) >= 11 is 0. The molecule has 8 nitrogen and oxygen atoms in total. The van der Waals surface area contributed by atoms with Crippen molar-refractivity contribution in [1.82, 2.24) is 0 Å². The van der Waals surface area contributed by atoms with Crippen molar-refractivity contribution in [1.29, 1.82) is 0 Å². The van der Waals surface area contributed by atoms with Crippen LogP contribution in [-0.4, -0.2) is 16.1 Å². The fraction of sp³-hybridized carbons (Fsp3) is 0.462. The van der Waals surface area contributed by atoms with E-state index in [1.165, 1.54) is 12.1 Å². The van der Waals surface area contributed by atoms with E-state index in [1.807, 2.05) is 0 Å². The molecule has 0 aliphatic rings. The van der Waals surface area contributed by atoms with Crippen molar-refractivity contribution in [3.05, 3.63) is 38.4 Å². The van der Waals surface area contributed by atoms with Gasteiger partial charge in [-0.3, -0.25) is 25.7 Å². The lowest BCUT2D eigenvalue weighted by atomic mass is 10.2. The van der Waals surface area contributed by atoms with E-state index >= 15 is 0 Å². The van der Waals surface area contributed by atoms with Gasteiger partial charge in [-0.1, -0.05) is 32.3 Å². The fourth-order valence-corrected chi connectivity index (χ4v) is 1.80. The highest BCUT2D eigenvalue weighted by molar-refractivity contribution is 5.72. The summed E-state index contributed by atoms with van der Waals surface area (Å²) in [5.41, 5.74) is 1.39. The highest BCUT2D eigenvalue weighted by Crippen LogP contribution is 2.34. The van der Waals surface area contributed by atoms with Gasteiger partial charge in [-0.2, -0.15) is 5.10 Å². The van der Waals surface area contributed by atoms with Gasteiger partial charge in [0.25, 0.3) is 0 Å². The molecule has 1 aromatic rings. The standard InChI is InChI=1S/C13H18N4O4/c1-2-3-4-5-6-10-14-15-11-8-7-9-12(16(18)19)13(11)17(20)21/h7-10,15H,2-6H2,1H3. The number of nitrogens with one attached hydrogen (secondary N) is 1. The molecule has 114 valence electrons. The van der Waals surface area contributed by atoms with Crippen molar-refractivity contribution >= 4 is 23.3 Å². The van der Waals surface area contributed by atoms with Crippen molar-refractivity contribution < 1.29 is 9.85 Å². The fourth-order valence-electron chi connectivity index (χ4n) is 1.80. The Morgan fingerprint density at radius 1 is 1.19 bits per heavy atom. The van der Waals surface area contributed by atoms with E-state index in [9.17, 15) is 20.2 Å². The molecule has 0 aliphatic heterocycles. The first-order chi connectivity index (χ1) is 10.1. The molecule has 0 saturated carbocycles. The van der Waals surface area contributed by atoms with Crippen molar-refractivity contribution in [3.63, 3.8) is 0 Å². The first-order valence-electron chi connectivity index (χ1n) is 6.77. The summed E-state index contributed by atoms with van der Waals surface area (Å²) in [4.78, 5) is 20.2. The van der Waals surface area contributed by atoms with Crippen LogP contribution < -0.4 is 5.43 Å². The van der Waals surface area contributed by atoms with Crippen LogP contribution in [0.3, 0.4) is 0 Å². The molecule has 0 heterocycles. The molecule has 0 spiro atoms. The predicted octanol–water partition coefficient (Wildman–Crippen LogP) is 3.87. The first kappa shape index (κ1) is 16.5. The predicted molar refractivity (Wildman–Crippen MR) is 80.6 cm³/mol. The third-order valence-electron chi connectivity index (χ3n) is 2.86. The van der Waals surface area contributed by atoms with Crippen molar-refractivity contribution in [2.75, 3.05) is 5.43 Å². The Hall–Kier alpha value is -2.51. The van der Waals surface area contributed by atoms with Crippen molar-refractivity contribution in [2.45, 2.75) is 39.0 Å². The summed E-state index contributed by atoms with van der Waals surface area (Å²) in [6.45, 7) is 2.12. The van der Waals surface area contributed by atoms with Gasteiger partial charge in [0.05, 0.1) is 9.85 Å². The first-order valence-corrected chi connectivity index (χ1v) is 6.77. The van der Waals surface area contributed by atoms with Gasteiger partial charge in [-0.05, 0) is 18.9 Å². The minimum Gasteiger partial charge on any atom is -0.272 e. The van der Waals surface area contributed by atoms with Gasteiger partial charge in [0.1, 0.15) is 5.69 Å². The van der Waals surface area contributed by atoms with E-state index in [-0.39, 0.29) is 5.69 Å². The Labute approximate surface area is 122 Å². The Morgan fingerprint density at radius 2 is 1.95 bits per heavy atom. The van der Waals surface area contributed by atoms with Crippen LogP contribution in [0.5, 0.6) is 0 Å². The number of hydrogen-bond acceptors (Lipinski definition) is 6. The quantitative estimate of drug-likeness (QED) is 0.321. The number of nitro benzene ring substituents is 2. The molecule has 0 atom stereocenters. The Morgan fingerprint density at radius 3 is 2.57 bits per heavy atom. The van der Waals surface area contributed by atoms with Crippen LogP contribution >= 0.6 is 0 Å². The molecule has 21 heavy (non-hydrogen) atoms. The molecule has 0 unspecified atom stereocenters. The maximum Gasteiger partial charge on any atom is 0.370 e. The summed E-state index contributed by atoms with van der Waals surface area (Å²) in [5.74, 6) is 0. The number of nitrogens with zero attached hydrogens (tertiary/aromatic N) is 3. The number of unbranched alkanes of at least 4 members (excludes halogenated alkanes) is 4. The molecule has 1 rings (SSSR count). The third-order valence-corrected chi connectivity index (χ3v) is 2.86. The van der Waals surface area contributed by atoms with Gasteiger partial charge in [-0.25, -0.2) is 0 Å². The molecule has 0 saturated heterocycles. The monoisotopic (exact) mass is 294 g/mol. The molecule has 0 amide bonds. The van der Waals surface area contributed by atoms with Crippen LogP contribution in [0.15, 0.2) is 23.3 Å². The van der Waals surface area contributed by atoms with Gasteiger partial charge in [-0.15, -0.1) is 0 Å². The van der Waals surface area contributed by atoms with E-state index in [2.05, 4.69) is 17.5 Å². The van der Waals surface area contributed by atoms with Crippen LogP contribution in [0.2, 0.25) is 0 Å². The maximum absolute atomic E-state index is 11.0. The maximum atomic E-state index is 11.0. The lowest BCUT2D eigenvalue weighted by Crippen LogP contribution is -2.01. The molecular weight excluding hydrogens is 276 g/mol. The second kappa shape index (κ2) is 8.62. The highest BCUT2D eigenvalue weighted by atomic mass is 16.6.